The molecule has 0 saturated heterocycles. The summed E-state index contributed by atoms with van der Waals surface area (Å²) in [5.41, 5.74) is 7.55. The Bertz CT molecular complexity index is 1310. The van der Waals surface area contributed by atoms with Crippen molar-refractivity contribution < 1.29 is 51.0 Å². The summed E-state index contributed by atoms with van der Waals surface area (Å²) >= 11 is 19.1. The van der Waals surface area contributed by atoms with E-state index in [0.29, 0.717) is 5.75 Å². The van der Waals surface area contributed by atoms with Crippen molar-refractivity contribution in [1.82, 2.24) is 0 Å². The molecule has 0 heterocycles. The van der Waals surface area contributed by atoms with Gasteiger partial charge in [-0.1, -0.05) is 173 Å². The second-order valence-electron chi connectivity index (χ2n) is 15.5. The summed E-state index contributed by atoms with van der Waals surface area (Å²) in [6.07, 6.45) is 31.9. The van der Waals surface area contributed by atoms with Gasteiger partial charge < -0.3 is 20.1 Å². The van der Waals surface area contributed by atoms with E-state index < -0.39 is 0 Å². The number of aryl methyl sites for hydroxylation is 6. The van der Waals surface area contributed by atoms with Crippen LogP contribution in [0.15, 0.2) is 54.6 Å². The van der Waals surface area contributed by atoms with Crippen LogP contribution < -0.4 is 39.0 Å². The van der Waals surface area contributed by atoms with Gasteiger partial charge in [0.05, 0.1) is 10.7 Å². The fraction of sp³-hybridized carbons (Fsp3) is 0.647. The monoisotopic (exact) mass is 926 g/mol. The minimum Gasteiger partial charge on any atom is -0.870 e. The van der Waals surface area contributed by atoms with Crippen molar-refractivity contribution in [2.24, 2.45) is 0 Å². The van der Waals surface area contributed by atoms with Gasteiger partial charge in [-0.3, -0.25) is 0 Å². The molecule has 0 aromatic heterocycles. The summed E-state index contributed by atoms with van der Waals surface area (Å²) in [7, 11) is 0. The van der Waals surface area contributed by atoms with E-state index in [0.717, 1.165) is 36.3 Å². The standard InChI is InChI=1S/C33H52O2.C16H26O.2CH2Cl2.Na.H2O.H2/c1-5-7-9-11-13-15-17-19-30-21-23-32(28(3)25-30)34-27-35-33-24-22-31(26-29(33)4)20-18-16-14-12-10-8-6-2;1-3-4-5-6-7-8-9-10-15-11-12-16(17)14(2)13-15;2*2-1-3;;;/h21-26H,5-20,27H2,1-4H3;11-13,17H,3-10H2,1-2H3;2*1H2;;1H2;1H/q;;;;+1;;/p-1/i;;;;;;1+1. The molecule has 0 radical (unpaired) electrons. The predicted molar refractivity (Wildman–Crippen MR) is 264 cm³/mol. The van der Waals surface area contributed by atoms with Crippen molar-refractivity contribution in [3.8, 4) is 17.2 Å². The first kappa shape index (κ1) is 63.5. The van der Waals surface area contributed by atoms with Crippen LogP contribution in [-0.2, 0) is 19.3 Å². The third-order valence-electron chi connectivity index (χ3n) is 10.4. The number of alkyl halides is 4. The first-order valence-electron chi connectivity index (χ1n) is 22.7. The van der Waals surface area contributed by atoms with Gasteiger partial charge >= 0.3 is 29.6 Å². The van der Waals surface area contributed by atoms with Gasteiger partial charge in [-0.25, -0.2) is 0 Å². The second-order valence-corrected chi connectivity index (χ2v) is 17.2. The van der Waals surface area contributed by atoms with E-state index in [1.807, 2.05) is 19.1 Å². The Morgan fingerprint density at radius 3 is 0.983 bits per heavy atom. The molecule has 0 aliphatic heterocycles. The van der Waals surface area contributed by atoms with Crippen molar-refractivity contribution in [3.05, 3.63) is 88.0 Å². The molecule has 0 spiro atoms. The SMILES string of the molecule is CCCCCCCCCc1ccc(O)c(C)c1.CCCCCCCCCc1ccc(OCOc2ccc(CCCCCCCCC)cc2C)c(C)c1.ClCCl.ClCCl.[2HH].[Na+].[OH-]. The Morgan fingerprint density at radius 2 is 0.700 bits per heavy atom. The molecule has 0 saturated carbocycles. The zero-order chi connectivity index (χ0) is 43.1. The van der Waals surface area contributed by atoms with Gasteiger partial charge in [-0.2, -0.15) is 0 Å². The average Bonchev–Trinajstić information content (AvgIpc) is 3.20. The quantitative estimate of drug-likeness (QED) is 0.0341. The van der Waals surface area contributed by atoms with E-state index in [1.165, 1.54) is 163 Å². The number of hydrogen-bond donors (Lipinski definition) is 1. The number of phenols is 1. The van der Waals surface area contributed by atoms with E-state index in [4.69, 9.17) is 55.9 Å². The van der Waals surface area contributed by atoms with Crippen LogP contribution in [-0.4, -0.2) is 28.1 Å². The zero-order valence-electron chi connectivity index (χ0n) is 39.0. The van der Waals surface area contributed by atoms with Crippen LogP contribution in [0.5, 0.6) is 17.2 Å². The topological polar surface area (TPSA) is 68.7 Å². The fourth-order valence-electron chi connectivity index (χ4n) is 6.95. The van der Waals surface area contributed by atoms with E-state index in [9.17, 15) is 5.11 Å². The van der Waals surface area contributed by atoms with Gasteiger partial charge in [0.1, 0.15) is 17.2 Å². The molecule has 342 valence electrons. The number of ether oxygens (including phenoxy) is 2. The van der Waals surface area contributed by atoms with E-state index >= 15 is 0 Å². The molecule has 0 amide bonds. The van der Waals surface area contributed by atoms with Crippen LogP contribution in [0.4, 0.5) is 0 Å². The van der Waals surface area contributed by atoms with Crippen LogP contribution in [0.1, 0.15) is 190 Å². The molecule has 0 aliphatic carbocycles. The van der Waals surface area contributed by atoms with Gasteiger partial charge in [0.15, 0.2) is 0 Å². The molecule has 0 unspecified atom stereocenters. The minimum absolute atomic E-state index is 0. The molecule has 4 nitrogen and oxygen atoms in total. The van der Waals surface area contributed by atoms with Crippen LogP contribution in [0.2, 0.25) is 0 Å². The zero-order valence-corrected chi connectivity index (χ0v) is 44.0. The first-order chi connectivity index (χ1) is 28.2. The molecule has 3 rings (SSSR count). The molecule has 0 bridgehead atoms. The molecule has 0 fully saturated rings. The fourth-order valence-corrected chi connectivity index (χ4v) is 6.95. The maximum atomic E-state index is 9.44. The van der Waals surface area contributed by atoms with Crippen LogP contribution in [0.25, 0.3) is 0 Å². The third-order valence-corrected chi connectivity index (χ3v) is 10.4. The summed E-state index contributed by atoms with van der Waals surface area (Å²) in [5, 5.41) is 9.82. The van der Waals surface area contributed by atoms with Crippen LogP contribution >= 0.6 is 46.4 Å². The molecule has 0 atom stereocenters. The molecule has 3 aromatic carbocycles. The summed E-state index contributed by atoms with van der Waals surface area (Å²) in [4.78, 5) is 0. The molecule has 0 aliphatic rings. The maximum absolute atomic E-state index is 9.44. The van der Waals surface area contributed by atoms with Gasteiger partial charge in [0.2, 0.25) is 6.79 Å². The largest absolute Gasteiger partial charge is 1.00 e. The van der Waals surface area contributed by atoms with E-state index in [1.54, 1.807) is 0 Å². The Kier molecular flexibility index (Phi) is 48.9. The summed E-state index contributed by atoms with van der Waals surface area (Å²) in [6, 6.07) is 19.1. The van der Waals surface area contributed by atoms with Crippen molar-refractivity contribution in [3.63, 3.8) is 0 Å². The Labute approximate surface area is 412 Å². The number of hydrogen-bond acceptors (Lipinski definition) is 4. The summed E-state index contributed by atoms with van der Waals surface area (Å²) in [5.74, 6) is 2.25. The number of aromatic hydroxyl groups is 1. The third kappa shape index (κ3) is 35.6. The van der Waals surface area contributed by atoms with Crippen molar-refractivity contribution in [2.75, 3.05) is 17.5 Å². The molecule has 60 heavy (non-hydrogen) atoms. The Morgan fingerprint density at radius 1 is 0.433 bits per heavy atom. The minimum atomic E-state index is 0. The molecule has 2 N–H and O–H groups in total. The van der Waals surface area contributed by atoms with Crippen LogP contribution in [0.3, 0.4) is 0 Å². The molecule has 3 aromatic rings. The summed E-state index contributed by atoms with van der Waals surface area (Å²) in [6.45, 7) is 13.3. The molecular formula is C51H85Cl4NaO4. The van der Waals surface area contributed by atoms with E-state index in [2.05, 4.69) is 77.1 Å². The van der Waals surface area contributed by atoms with Gasteiger partial charge in [0, 0.05) is 1.43 Å². The number of benzene rings is 3. The summed E-state index contributed by atoms with van der Waals surface area (Å²) < 4.78 is 11.9. The van der Waals surface area contributed by atoms with Gasteiger partial charge in [-0.05, 0) is 111 Å². The smallest absolute Gasteiger partial charge is 0.870 e. The second kappa shape index (κ2) is 46.2. The van der Waals surface area contributed by atoms with E-state index in [-0.39, 0.29) is 53.9 Å². The average molecular weight is 928 g/mol. The van der Waals surface area contributed by atoms with Crippen molar-refractivity contribution in [2.45, 2.75) is 196 Å². The van der Waals surface area contributed by atoms with Crippen molar-refractivity contribution >= 4 is 46.4 Å². The molecule has 9 heteroatoms. The van der Waals surface area contributed by atoms with Gasteiger partial charge in [0.25, 0.3) is 0 Å². The number of halogens is 4. The number of rotatable bonds is 28. The Hall–Kier alpha value is -0.820. The normalized spacial score (nSPS) is 10.1. The predicted octanol–water partition coefficient (Wildman–Crippen LogP) is 15.2. The number of unbranched alkanes of at least 4 members (excludes halogenated alkanes) is 18. The van der Waals surface area contributed by atoms with Crippen LogP contribution in [0, 0.1) is 20.8 Å². The first-order valence-corrected chi connectivity index (χ1v) is 24.8. The van der Waals surface area contributed by atoms with Gasteiger partial charge in [-0.15, -0.1) is 46.4 Å². The molecular weight excluding hydrogens is 841 g/mol. The Balaban J connectivity index is -0.000000524. The number of phenolic OH excluding ortho intramolecular Hbond substituents is 1. The maximum Gasteiger partial charge on any atom is 1.00 e. The van der Waals surface area contributed by atoms with Crippen molar-refractivity contribution in [1.29, 1.82) is 0 Å².